The van der Waals surface area contributed by atoms with Crippen LogP contribution in [0.3, 0.4) is 0 Å². The van der Waals surface area contributed by atoms with Crippen molar-refractivity contribution in [1.82, 2.24) is 0 Å². The highest BCUT2D eigenvalue weighted by molar-refractivity contribution is 9.10. The number of benzene rings is 2. The van der Waals surface area contributed by atoms with Gasteiger partial charge in [0.1, 0.15) is 5.58 Å². The van der Waals surface area contributed by atoms with Gasteiger partial charge in [0.25, 0.3) is 0 Å². The summed E-state index contributed by atoms with van der Waals surface area (Å²) in [5.74, 6) is 0. The van der Waals surface area contributed by atoms with Crippen molar-refractivity contribution in [3.8, 4) is 0 Å². The first-order valence-electron chi connectivity index (χ1n) is 6.08. The number of alkyl halides is 1. The van der Waals surface area contributed by atoms with Gasteiger partial charge in [-0.05, 0) is 30.2 Å². The van der Waals surface area contributed by atoms with Crippen LogP contribution in [0.25, 0.3) is 11.0 Å². The van der Waals surface area contributed by atoms with Gasteiger partial charge < -0.3 is 4.42 Å². The van der Waals surface area contributed by atoms with Gasteiger partial charge in [-0.25, -0.2) is 0 Å². The van der Waals surface area contributed by atoms with Crippen LogP contribution < -0.4 is 0 Å². The normalized spacial score (nSPS) is 12.7. The summed E-state index contributed by atoms with van der Waals surface area (Å²) in [5.41, 5.74) is 3.16. The molecular formula is C16H12BrClO. The third-order valence-electron chi connectivity index (χ3n) is 3.18. The van der Waals surface area contributed by atoms with E-state index >= 15 is 0 Å². The fourth-order valence-electron chi connectivity index (χ4n) is 2.18. The van der Waals surface area contributed by atoms with Crippen LogP contribution in [0.1, 0.15) is 16.5 Å². The molecule has 0 radical (unpaired) electrons. The van der Waals surface area contributed by atoms with E-state index in [9.17, 15) is 0 Å². The molecule has 0 saturated heterocycles. The van der Waals surface area contributed by atoms with Gasteiger partial charge in [-0.1, -0.05) is 46.3 Å². The summed E-state index contributed by atoms with van der Waals surface area (Å²) in [7, 11) is 0. The lowest BCUT2D eigenvalue weighted by atomic mass is 10.0. The average molecular weight is 336 g/mol. The summed E-state index contributed by atoms with van der Waals surface area (Å²) >= 11 is 9.96. The maximum Gasteiger partial charge on any atom is 0.134 e. The molecule has 0 bridgehead atoms. The third kappa shape index (κ3) is 2.70. The standard InChI is InChI=1S/C16H12BrClO/c17-12-7-5-11(6-8-12)9-15(18)14-10-19-16-4-2-1-3-13(14)16/h1-8,10,15H,9H2. The molecule has 0 spiro atoms. The highest BCUT2D eigenvalue weighted by atomic mass is 79.9. The number of halogens is 2. The molecule has 1 aromatic heterocycles. The van der Waals surface area contributed by atoms with Crippen molar-refractivity contribution in [2.75, 3.05) is 0 Å². The first-order chi connectivity index (χ1) is 9.24. The second-order valence-corrected chi connectivity index (χ2v) is 5.93. The minimum absolute atomic E-state index is 0.0789. The largest absolute Gasteiger partial charge is 0.464 e. The van der Waals surface area contributed by atoms with Crippen LogP contribution in [0.2, 0.25) is 0 Å². The maximum atomic E-state index is 6.53. The predicted octanol–water partition coefficient (Wildman–Crippen LogP) is 5.72. The Morgan fingerprint density at radius 2 is 1.79 bits per heavy atom. The maximum absolute atomic E-state index is 6.53. The lowest BCUT2D eigenvalue weighted by Gasteiger charge is -2.08. The Kier molecular flexibility index (Phi) is 3.63. The first-order valence-corrected chi connectivity index (χ1v) is 7.31. The monoisotopic (exact) mass is 334 g/mol. The van der Waals surface area contributed by atoms with Crippen LogP contribution in [0.4, 0.5) is 0 Å². The molecule has 3 rings (SSSR count). The number of furan rings is 1. The average Bonchev–Trinajstić information content (AvgIpc) is 2.85. The van der Waals surface area contributed by atoms with Crippen molar-refractivity contribution in [1.29, 1.82) is 0 Å². The lowest BCUT2D eigenvalue weighted by Crippen LogP contribution is -1.94. The molecule has 0 amide bonds. The molecule has 1 nitrogen and oxygen atoms in total. The highest BCUT2D eigenvalue weighted by Gasteiger charge is 2.15. The van der Waals surface area contributed by atoms with Crippen molar-refractivity contribution < 1.29 is 4.42 Å². The third-order valence-corrected chi connectivity index (χ3v) is 4.09. The molecule has 0 aliphatic rings. The van der Waals surface area contributed by atoms with Gasteiger partial charge in [0, 0.05) is 15.4 Å². The molecule has 2 aromatic carbocycles. The van der Waals surface area contributed by atoms with Crippen LogP contribution in [-0.4, -0.2) is 0 Å². The predicted molar refractivity (Wildman–Crippen MR) is 82.7 cm³/mol. The molecule has 1 heterocycles. The van der Waals surface area contributed by atoms with Crippen LogP contribution in [0.15, 0.2) is 63.7 Å². The summed E-state index contributed by atoms with van der Waals surface area (Å²) in [6.45, 7) is 0. The number of fused-ring (bicyclic) bond motifs is 1. The highest BCUT2D eigenvalue weighted by Crippen LogP contribution is 2.32. The molecule has 3 heteroatoms. The van der Waals surface area contributed by atoms with E-state index in [1.54, 1.807) is 6.26 Å². The molecule has 1 unspecified atom stereocenters. The van der Waals surface area contributed by atoms with Crippen LogP contribution in [0.5, 0.6) is 0 Å². The Labute approximate surface area is 125 Å². The van der Waals surface area contributed by atoms with Gasteiger partial charge in [0.2, 0.25) is 0 Å². The second-order valence-electron chi connectivity index (χ2n) is 4.49. The zero-order valence-corrected chi connectivity index (χ0v) is 12.5. The summed E-state index contributed by atoms with van der Waals surface area (Å²) in [6, 6.07) is 16.2. The van der Waals surface area contributed by atoms with Gasteiger partial charge in [0.15, 0.2) is 0 Å². The van der Waals surface area contributed by atoms with Crippen LogP contribution in [-0.2, 0) is 6.42 Å². The SMILES string of the molecule is ClC(Cc1ccc(Br)cc1)c1coc2ccccc12. The molecule has 0 aliphatic carbocycles. The Morgan fingerprint density at radius 3 is 2.58 bits per heavy atom. The Morgan fingerprint density at radius 1 is 1.05 bits per heavy atom. The smallest absolute Gasteiger partial charge is 0.134 e. The van der Waals surface area contributed by atoms with E-state index < -0.39 is 0 Å². The van der Waals surface area contributed by atoms with E-state index in [0.29, 0.717) is 0 Å². The number of para-hydroxylation sites is 1. The van der Waals surface area contributed by atoms with Crippen molar-refractivity contribution in [2.24, 2.45) is 0 Å². The quantitative estimate of drug-likeness (QED) is 0.558. The first kappa shape index (κ1) is 12.8. The van der Waals surface area contributed by atoms with E-state index in [0.717, 1.165) is 27.4 Å². The van der Waals surface area contributed by atoms with E-state index in [1.807, 2.05) is 36.4 Å². The number of rotatable bonds is 3. The number of hydrogen-bond donors (Lipinski definition) is 0. The second kappa shape index (κ2) is 5.40. The van der Waals surface area contributed by atoms with Crippen molar-refractivity contribution in [2.45, 2.75) is 11.8 Å². The minimum Gasteiger partial charge on any atom is -0.464 e. The van der Waals surface area contributed by atoms with Crippen molar-refractivity contribution >= 4 is 38.5 Å². The molecule has 0 saturated carbocycles. The zero-order chi connectivity index (χ0) is 13.2. The van der Waals surface area contributed by atoms with Gasteiger partial charge >= 0.3 is 0 Å². The molecule has 19 heavy (non-hydrogen) atoms. The summed E-state index contributed by atoms with van der Waals surface area (Å²) < 4.78 is 6.61. The van der Waals surface area contributed by atoms with Crippen molar-refractivity contribution in [3.05, 3.63) is 70.4 Å². The van der Waals surface area contributed by atoms with Crippen molar-refractivity contribution in [3.63, 3.8) is 0 Å². The summed E-state index contributed by atoms with van der Waals surface area (Å²) in [6.07, 6.45) is 2.56. The summed E-state index contributed by atoms with van der Waals surface area (Å²) in [5, 5.41) is 1.02. The molecule has 1 atom stereocenters. The molecule has 0 N–H and O–H groups in total. The molecular weight excluding hydrogens is 324 g/mol. The molecule has 96 valence electrons. The fourth-order valence-corrected chi connectivity index (χ4v) is 2.79. The Hall–Kier alpha value is -1.25. The van der Waals surface area contributed by atoms with Gasteiger partial charge in [0.05, 0.1) is 11.6 Å². The Balaban J connectivity index is 1.87. The van der Waals surface area contributed by atoms with E-state index in [2.05, 4.69) is 28.1 Å². The van der Waals surface area contributed by atoms with Crippen LogP contribution in [0, 0.1) is 0 Å². The molecule has 3 aromatic rings. The molecule has 0 fully saturated rings. The van der Waals surface area contributed by atoms with Gasteiger partial charge in [-0.3, -0.25) is 0 Å². The van der Waals surface area contributed by atoms with Crippen LogP contribution >= 0.6 is 27.5 Å². The van der Waals surface area contributed by atoms with E-state index in [1.165, 1.54) is 5.56 Å². The number of hydrogen-bond acceptors (Lipinski definition) is 1. The van der Waals surface area contributed by atoms with E-state index in [4.69, 9.17) is 16.0 Å². The van der Waals surface area contributed by atoms with Gasteiger partial charge in [-0.2, -0.15) is 0 Å². The van der Waals surface area contributed by atoms with E-state index in [-0.39, 0.29) is 5.38 Å². The topological polar surface area (TPSA) is 13.1 Å². The van der Waals surface area contributed by atoms with Gasteiger partial charge in [-0.15, -0.1) is 11.6 Å². The summed E-state index contributed by atoms with van der Waals surface area (Å²) in [4.78, 5) is 0. The Bertz CT molecular complexity index is 687. The minimum atomic E-state index is -0.0789. The lowest BCUT2D eigenvalue weighted by molar-refractivity contribution is 0.609. The molecule has 0 aliphatic heterocycles. The zero-order valence-electron chi connectivity index (χ0n) is 10.1. The fraction of sp³-hybridized carbons (Fsp3) is 0.125.